The van der Waals surface area contributed by atoms with Crippen LogP contribution in [0, 0.1) is 0 Å². The summed E-state index contributed by atoms with van der Waals surface area (Å²) in [6.07, 6.45) is 2.33. The van der Waals surface area contributed by atoms with Gasteiger partial charge in [-0.1, -0.05) is 17.3 Å². The van der Waals surface area contributed by atoms with Gasteiger partial charge < -0.3 is 9.63 Å². The molecule has 1 aliphatic carbocycles. The van der Waals surface area contributed by atoms with Crippen LogP contribution in [0.5, 0.6) is 5.75 Å². The number of aromatic nitrogens is 2. The third-order valence-corrected chi connectivity index (χ3v) is 3.14. The molecule has 0 radical (unpaired) electrons. The van der Waals surface area contributed by atoms with E-state index in [-0.39, 0.29) is 11.7 Å². The van der Waals surface area contributed by atoms with E-state index in [2.05, 4.69) is 10.1 Å². The molecule has 0 aliphatic heterocycles. The van der Waals surface area contributed by atoms with Gasteiger partial charge in [0.05, 0.1) is 5.92 Å². The Hall–Kier alpha value is -1.84. The highest BCUT2D eigenvalue weighted by molar-refractivity contribution is 5.31. The first-order valence-electron chi connectivity index (χ1n) is 5.86. The van der Waals surface area contributed by atoms with E-state index in [1.165, 1.54) is 12.8 Å². The number of phenolic OH excluding ortho intramolecular Hbond substituents is 1. The van der Waals surface area contributed by atoms with Crippen molar-refractivity contribution in [1.82, 2.24) is 10.1 Å². The molecule has 2 aromatic rings. The average molecular weight is 230 g/mol. The van der Waals surface area contributed by atoms with Crippen LogP contribution in [-0.2, 0) is 0 Å². The Morgan fingerprint density at radius 1 is 1.41 bits per heavy atom. The number of benzene rings is 1. The third kappa shape index (κ3) is 2.02. The summed E-state index contributed by atoms with van der Waals surface area (Å²) in [6, 6.07) is 7.15. The van der Waals surface area contributed by atoms with Crippen molar-refractivity contribution in [2.45, 2.75) is 31.6 Å². The SMILES string of the molecule is CC(c1cccc(O)c1)c1nc(C2CC2)no1. The molecule has 1 saturated carbocycles. The zero-order valence-corrected chi connectivity index (χ0v) is 9.63. The first-order valence-corrected chi connectivity index (χ1v) is 5.86. The number of aromatic hydroxyl groups is 1. The predicted octanol–water partition coefficient (Wildman–Crippen LogP) is 2.80. The van der Waals surface area contributed by atoms with E-state index in [1.54, 1.807) is 12.1 Å². The van der Waals surface area contributed by atoms with Crippen molar-refractivity contribution in [2.75, 3.05) is 0 Å². The first-order chi connectivity index (χ1) is 8.24. The molecule has 1 N–H and O–H groups in total. The van der Waals surface area contributed by atoms with Gasteiger partial charge in [-0.15, -0.1) is 0 Å². The lowest BCUT2D eigenvalue weighted by Gasteiger charge is -2.06. The molecule has 88 valence electrons. The van der Waals surface area contributed by atoms with Gasteiger partial charge >= 0.3 is 0 Å². The molecule has 4 heteroatoms. The van der Waals surface area contributed by atoms with Crippen LogP contribution < -0.4 is 0 Å². The average Bonchev–Trinajstić information content (AvgIpc) is 3.07. The second-order valence-corrected chi connectivity index (χ2v) is 4.58. The Morgan fingerprint density at radius 3 is 2.94 bits per heavy atom. The predicted molar refractivity (Wildman–Crippen MR) is 61.9 cm³/mol. The zero-order chi connectivity index (χ0) is 11.8. The molecule has 3 rings (SSSR count). The van der Waals surface area contributed by atoms with E-state index in [1.807, 2.05) is 19.1 Å². The molecular formula is C13H14N2O2. The minimum Gasteiger partial charge on any atom is -0.508 e. The van der Waals surface area contributed by atoms with E-state index >= 15 is 0 Å². The summed E-state index contributed by atoms with van der Waals surface area (Å²) >= 11 is 0. The molecule has 1 aromatic carbocycles. The maximum atomic E-state index is 9.45. The Bertz CT molecular complexity index is 532. The fraction of sp³-hybridized carbons (Fsp3) is 0.385. The van der Waals surface area contributed by atoms with Crippen LogP contribution in [0.4, 0.5) is 0 Å². The lowest BCUT2D eigenvalue weighted by atomic mass is 10.0. The highest BCUT2D eigenvalue weighted by atomic mass is 16.5. The number of rotatable bonds is 3. The van der Waals surface area contributed by atoms with E-state index < -0.39 is 0 Å². The van der Waals surface area contributed by atoms with Crippen molar-refractivity contribution in [3.05, 3.63) is 41.5 Å². The lowest BCUT2D eigenvalue weighted by Crippen LogP contribution is -1.96. The molecule has 17 heavy (non-hydrogen) atoms. The van der Waals surface area contributed by atoms with E-state index in [0.29, 0.717) is 11.8 Å². The van der Waals surface area contributed by atoms with Gasteiger partial charge in [-0.2, -0.15) is 4.98 Å². The summed E-state index contributed by atoms with van der Waals surface area (Å²) in [6.45, 7) is 2.00. The Balaban J connectivity index is 1.86. The molecule has 0 saturated heterocycles. The lowest BCUT2D eigenvalue weighted by molar-refractivity contribution is 0.365. The van der Waals surface area contributed by atoms with Crippen molar-refractivity contribution in [2.24, 2.45) is 0 Å². The summed E-state index contributed by atoms with van der Waals surface area (Å²) < 4.78 is 5.28. The molecule has 1 fully saturated rings. The van der Waals surface area contributed by atoms with Crippen LogP contribution in [0.15, 0.2) is 28.8 Å². The van der Waals surface area contributed by atoms with Gasteiger partial charge in [0, 0.05) is 5.92 Å². The standard InChI is InChI=1S/C13H14N2O2/c1-8(10-3-2-4-11(16)7-10)13-14-12(15-17-13)9-5-6-9/h2-4,7-9,16H,5-6H2,1H3. The van der Waals surface area contributed by atoms with Gasteiger partial charge in [0.2, 0.25) is 5.89 Å². The van der Waals surface area contributed by atoms with Crippen LogP contribution in [-0.4, -0.2) is 15.2 Å². The van der Waals surface area contributed by atoms with Crippen molar-refractivity contribution in [3.63, 3.8) is 0 Å². The Kier molecular flexibility index (Phi) is 2.35. The maximum absolute atomic E-state index is 9.45. The summed E-state index contributed by atoms with van der Waals surface area (Å²) in [5.41, 5.74) is 0.982. The van der Waals surface area contributed by atoms with Crippen molar-refractivity contribution in [1.29, 1.82) is 0 Å². The summed E-state index contributed by atoms with van der Waals surface area (Å²) in [5, 5.41) is 13.4. The van der Waals surface area contributed by atoms with Gasteiger partial charge in [-0.25, -0.2) is 0 Å². The minimum absolute atomic E-state index is 0.0158. The molecule has 1 aliphatic rings. The summed E-state index contributed by atoms with van der Waals surface area (Å²) in [7, 11) is 0. The Labute approximate surface area is 99.3 Å². The van der Waals surface area contributed by atoms with Crippen molar-refractivity contribution in [3.8, 4) is 5.75 Å². The second-order valence-electron chi connectivity index (χ2n) is 4.58. The molecule has 1 atom stereocenters. The summed E-state index contributed by atoms with van der Waals surface area (Å²) in [5.74, 6) is 2.23. The first kappa shape index (κ1) is 10.3. The fourth-order valence-electron chi connectivity index (χ4n) is 1.87. The normalized spacial score (nSPS) is 17.0. The Morgan fingerprint density at radius 2 is 2.24 bits per heavy atom. The number of nitrogens with zero attached hydrogens (tertiary/aromatic N) is 2. The second kappa shape index (κ2) is 3.87. The molecule has 1 unspecified atom stereocenters. The molecule has 1 heterocycles. The van der Waals surface area contributed by atoms with Gasteiger partial charge in [-0.05, 0) is 37.5 Å². The molecular weight excluding hydrogens is 216 g/mol. The van der Waals surface area contributed by atoms with E-state index in [4.69, 9.17) is 4.52 Å². The third-order valence-electron chi connectivity index (χ3n) is 3.14. The van der Waals surface area contributed by atoms with Crippen LogP contribution in [0.1, 0.15) is 48.9 Å². The van der Waals surface area contributed by atoms with Gasteiger partial charge in [-0.3, -0.25) is 0 Å². The van der Waals surface area contributed by atoms with Crippen molar-refractivity contribution >= 4 is 0 Å². The highest BCUT2D eigenvalue weighted by Gasteiger charge is 2.29. The van der Waals surface area contributed by atoms with Crippen LogP contribution in [0.25, 0.3) is 0 Å². The maximum Gasteiger partial charge on any atom is 0.233 e. The van der Waals surface area contributed by atoms with Gasteiger partial charge in [0.1, 0.15) is 5.75 Å². The fourth-order valence-corrected chi connectivity index (χ4v) is 1.87. The molecule has 0 bridgehead atoms. The van der Waals surface area contributed by atoms with Crippen molar-refractivity contribution < 1.29 is 9.63 Å². The quantitative estimate of drug-likeness (QED) is 0.880. The van der Waals surface area contributed by atoms with E-state index in [0.717, 1.165) is 11.4 Å². The molecule has 1 aromatic heterocycles. The minimum atomic E-state index is 0.0158. The molecule has 0 amide bonds. The zero-order valence-electron chi connectivity index (χ0n) is 9.63. The molecule has 0 spiro atoms. The van der Waals surface area contributed by atoms with Crippen LogP contribution in [0.2, 0.25) is 0 Å². The highest BCUT2D eigenvalue weighted by Crippen LogP contribution is 2.39. The largest absolute Gasteiger partial charge is 0.508 e. The summed E-state index contributed by atoms with van der Waals surface area (Å²) in [4.78, 5) is 4.42. The van der Waals surface area contributed by atoms with Crippen LogP contribution in [0.3, 0.4) is 0 Å². The van der Waals surface area contributed by atoms with E-state index in [9.17, 15) is 5.11 Å². The smallest absolute Gasteiger partial charge is 0.233 e. The monoisotopic (exact) mass is 230 g/mol. The van der Waals surface area contributed by atoms with Crippen LogP contribution >= 0.6 is 0 Å². The van der Waals surface area contributed by atoms with Gasteiger partial charge in [0.15, 0.2) is 5.82 Å². The van der Waals surface area contributed by atoms with Gasteiger partial charge in [0.25, 0.3) is 0 Å². The topological polar surface area (TPSA) is 59.2 Å². The number of hydrogen-bond donors (Lipinski definition) is 1. The molecule has 4 nitrogen and oxygen atoms in total. The number of hydrogen-bond acceptors (Lipinski definition) is 4. The number of phenols is 1.